The molecule has 0 bridgehead atoms. The highest BCUT2D eigenvalue weighted by atomic mass is 16.5. The minimum atomic E-state index is -0.538. The lowest BCUT2D eigenvalue weighted by Crippen LogP contribution is -2.50. The lowest BCUT2D eigenvalue weighted by atomic mass is 9.91. The average molecular weight is 283 g/mol. The van der Waals surface area contributed by atoms with Gasteiger partial charge in [0.15, 0.2) is 0 Å². The number of aliphatic hydroxyl groups excluding tert-OH is 2. The molecule has 1 aromatic rings. The van der Waals surface area contributed by atoms with Gasteiger partial charge in [-0.1, -0.05) is 6.92 Å². The number of hydrogen-bond acceptors (Lipinski definition) is 5. The molecule has 5 nitrogen and oxygen atoms in total. The molecule has 0 radical (unpaired) electrons. The number of aliphatic hydroxyl groups is 2. The Morgan fingerprint density at radius 1 is 1.55 bits per heavy atom. The maximum atomic E-state index is 10.1. The van der Waals surface area contributed by atoms with E-state index in [0.29, 0.717) is 19.1 Å². The molecule has 1 aliphatic rings. The van der Waals surface area contributed by atoms with Crippen LogP contribution in [0.15, 0.2) is 22.8 Å². The molecule has 5 heteroatoms. The summed E-state index contributed by atoms with van der Waals surface area (Å²) in [5, 5.41) is 19.5. The fraction of sp³-hybridized carbons (Fsp3) is 0.733. The van der Waals surface area contributed by atoms with Crippen LogP contribution in [0.4, 0.5) is 0 Å². The van der Waals surface area contributed by atoms with Gasteiger partial charge < -0.3 is 19.4 Å². The summed E-state index contributed by atoms with van der Waals surface area (Å²) in [6, 6.07) is 3.82. The van der Waals surface area contributed by atoms with Crippen LogP contribution in [0.2, 0.25) is 0 Å². The van der Waals surface area contributed by atoms with Crippen LogP contribution >= 0.6 is 0 Å². The van der Waals surface area contributed by atoms with Gasteiger partial charge in [0.2, 0.25) is 0 Å². The minimum absolute atomic E-state index is 0.154. The third-order valence-corrected chi connectivity index (χ3v) is 4.00. The molecule has 3 unspecified atom stereocenters. The number of likely N-dealkylation sites (tertiary alicyclic amines) is 1. The summed E-state index contributed by atoms with van der Waals surface area (Å²) in [4.78, 5) is 2.18. The molecular weight excluding hydrogens is 258 g/mol. The van der Waals surface area contributed by atoms with Crippen molar-refractivity contribution >= 4 is 0 Å². The zero-order chi connectivity index (χ0) is 14.4. The minimum Gasteiger partial charge on any atom is -0.467 e. The summed E-state index contributed by atoms with van der Waals surface area (Å²) < 4.78 is 10.6. The molecule has 1 aromatic heterocycles. The van der Waals surface area contributed by atoms with Gasteiger partial charge in [0, 0.05) is 12.6 Å². The molecule has 2 rings (SSSR count). The standard InChI is InChI=1S/C15H25NO4/c1-12-4-2-6-16(15(12)9-17)8-13(18)10-19-11-14-5-3-7-20-14/h3,5,7,12-13,15,17-18H,2,4,6,8-11H2,1H3. The van der Waals surface area contributed by atoms with Gasteiger partial charge in [-0.15, -0.1) is 0 Å². The van der Waals surface area contributed by atoms with Gasteiger partial charge in [0.25, 0.3) is 0 Å². The second-order valence-corrected chi connectivity index (χ2v) is 5.61. The quantitative estimate of drug-likeness (QED) is 0.788. The van der Waals surface area contributed by atoms with Gasteiger partial charge in [-0.25, -0.2) is 0 Å². The molecule has 1 saturated heterocycles. The fourth-order valence-corrected chi connectivity index (χ4v) is 2.87. The highest BCUT2D eigenvalue weighted by Gasteiger charge is 2.29. The maximum Gasteiger partial charge on any atom is 0.129 e. The molecule has 0 spiro atoms. The predicted octanol–water partition coefficient (Wildman–Crippen LogP) is 1.25. The van der Waals surface area contributed by atoms with Gasteiger partial charge in [-0.2, -0.15) is 0 Å². The molecule has 3 atom stereocenters. The fourth-order valence-electron chi connectivity index (χ4n) is 2.87. The summed E-state index contributed by atoms with van der Waals surface area (Å²) in [6.07, 6.45) is 3.34. The molecule has 0 aromatic carbocycles. The van der Waals surface area contributed by atoms with E-state index in [0.717, 1.165) is 25.1 Å². The monoisotopic (exact) mass is 283 g/mol. The van der Waals surface area contributed by atoms with Crippen LogP contribution < -0.4 is 0 Å². The van der Waals surface area contributed by atoms with Gasteiger partial charge in [-0.05, 0) is 37.4 Å². The van der Waals surface area contributed by atoms with Crippen molar-refractivity contribution in [1.29, 1.82) is 0 Å². The van der Waals surface area contributed by atoms with Crippen LogP contribution in [0.1, 0.15) is 25.5 Å². The van der Waals surface area contributed by atoms with E-state index in [2.05, 4.69) is 11.8 Å². The largest absolute Gasteiger partial charge is 0.467 e. The van der Waals surface area contributed by atoms with Gasteiger partial charge in [0.1, 0.15) is 12.4 Å². The van der Waals surface area contributed by atoms with E-state index in [-0.39, 0.29) is 19.3 Å². The number of ether oxygens (including phenoxy) is 1. The number of β-amino-alcohol motifs (C(OH)–C–C–N with tert-alkyl or cyclic N) is 1. The summed E-state index contributed by atoms with van der Waals surface area (Å²) >= 11 is 0. The first-order valence-corrected chi connectivity index (χ1v) is 7.33. The Morgan fingerprint density at radius 3 is 3.10 bits per heavy atom. The molecule has 2 heterocycles. The second kappa shape index (κ2) is 7.78. The van der Waals surface area contributed by atoms with E-state index >= 15 is 0 Å². The number of piperidine rings is 1. The first kappa shape index (κ1) is 15.5. The number of furan rings is 1. The van der Waals surface area contributed by atoms with Crippen LogP contribution in [-0.4, -0.2) is 53.6 Å². The summed E-state index contributed by atoms with van der Waals surface area (Å²) in [6.45, 7) is 4.46. The highest BCUT2D eigenvalue weighted by Crippen LogP contribution is 2.23. The van der Waals surface area contributed by atoms with Gasteiger partial charge in [0.05, 0.1) is 25.6 Å². The van der Waals surface area contributed by atoms with E-state index in [9.17, 15) is 10.2 Å². The number of rotatable bonds is 7. The van der Waals surface area contributed by atoms with E-state index in [1.165, 1.54) is 0 Å². The molecule has 1 aliphatic heterocycles. The smallest absolute Gasteiger partial charge is 0.129 e. The molecule has 1 fully saturated rings. The van der Waals surface area contributed by atoms with Crippen LogP contribution in [-0.2, 0) is 11.3 Å². The van der Waals surface area contributed by atoms with Gasteiger partial charge in [-0.3, -0.25) is 4.90 Å². The van der Waals surface area contributed by atoms with Crippen molar-refractivity contribution in [1.82, 2.24) is 4.90 Å². The Bertz CT molecular complexity index is 368. The zero-order valence-electron chi connectivity index (χ0n) is 12.1. The lowest BCUT2D eigenvalue weighted by Gasteiger charge is -2.39. The third kappa shape index (κ3) is 4.31. The molecule has 114 valence electrons. The van der Waals surface area contributed by atoms with Crippen molar-refractivity contribution in [3.63, 3.8) is 0 Å². The van der Waals surface area contributed by atoms with Crippen molar-refractivity contribution in [2.75, 3.05) is 26.3 Å². The first-order valence-electron chi connectivity index (χ1n) is 7.33. The van der Waals surface area contributed by atoms with E-state index in [1.807, 2.05) is 12.1 Å². The van der Waals surface area contributed by atoms with E-state index in [4.69, 9.17) is 9.15 Å². The number of hydrogen-bond donors (Lipinski definition) is 2. The summed E-state index contributed by atoms with van der Waals surface area (Å²) in [7, 11) is 0. The molecule has 0 amide bonds. The zero-order valence-corrected chi connectivity index (χ0v) is 12.1. The van der Waals surface area contributed by atoms with Crippen LogP contribution in [0.3, 0.4) is 0 Å². The topological polar surface area (TPSA) is 66.1 Å². The van der Waals surface area contributed by atoms with Gasteiger partial charge >= 0.3 is 0 Å². The van der Waals surface area contributed by atoms with Crippen molar-refractivity contribution in [2.45, 2.75) is 38.5 Å². The van der Waals surface area contributed by atoms with Crippen LogP contribution in [0.5, 0.6) is 0 Å². The maximum absolute atomic E-state index is 10.1. The van der Waals surface area contributed by atoms with Crippen LogP contribution in [0.25, 0.3) is 0 Å². The van der Waals surface area contributed by atoms with Crippen molar-refractivity contribution < 1.29 is 19.4 Å². The van der Waals surface area contributed by atoms with Crippen molar-refractivity contribution in [3.8, 4) is 0 Å². The Hall–Kier alpha value is -0.880. The Morgan fingerprint density at radius 2 is 2.40 bits per heavy atom. The Balaban J connectivity index is 1.71. The SMILES string of the molecule is CC1CCCN(CC(O)COCc2ccco2)C1CO. The lowest BCUT2D eigenvalue weighted by molar-refractivity contribution is -0.0237. The third-order valence-electron chi connectivity index (χ3n) is 4.00. The summed E-state index contributed by atoms with van der Waals surface area (Å²) in [5.41, 5.74) is 0. The number of nitrogens with zero attached hydrogens (tertiary/aromatic N) is 1. The molecule has 0 saturated carbocycles. The van der Waals surface area contributed by atoms with Crippen molar-refractivity contribution in [2.24, 2.45) is 5.92 Å². The molecule has 0 aliphatic carbocycles. The van der Waals surface area contributed by atoms with Crippen molar-refractivity contribution in [3.05, 3.63) is 24.2 Å². The molecule has 20 heavy (non-hydrogen) atoms. The van der Waals surface area contributed by atoms with E-state index < -0.39 is 6.10 Å². The average Bonchev–Trinajstić information content (AvgIpc) is 2.92. The first-order chi connectivity index (χ1) is 9.70. The van der Waals surface area contributed by atoms with E-state index in [1.54, 1.807) is 6.26 Å². The van der Waals surface area contributed by atoms with Crippen LogP contribution in [0, 0.1) is 5.92 Å². The Kier molecular flexibility index (Phi) is 6.04. The summed E-state index contributed by atoms with van der Waals surface area (Å²) in [5.74, 6) is 1.24. The molecule has 2 N–H and O–H groups in total. The highest BCUT2D eigenvalue weighted by molar-refractivity contribution is 4.96. The Labute approximate surface area is 120 Å². The predicted molar refractivity (Wildman–Crippen MR) is 75.2 cm³/mol. The normalized spacial score (nSPS) is 25.8. The molecular formula is C15H25NO4. The second-order valence-electron chi connectivity index (χ2n) is 5.61.